The molecule has 0 fully saturated rings. The molecule has 0 radical (unpaired) electrons. The van der Waals surface area contributed by atoms with Crippen LogP contribution in [0.25, 0.3) is 10.4 Å². The Morgan fingerprint density at radius 2 is 2.40 bits per heavy atom. The number of carbonyl (C=O) groups is 1. The lowest BCUT2D eigenvalue weighted by Gasteiger charge is -1.98. The van der Waals surface area contributed by atoms with E-state index < -0.39 is 0 Å². The van der Waals surface area contributed by atoms with E-state index >= 15 is 0 Å². The summed E-state index contributed by atoms with van der Waals surface area (Å²) in [7, 11) is 0. The highest BCUT2D eigenvalue weighted by molar-refractivity contribution is 9.13. The average Bonchev–Trinajstić information content (AvgIpc) is 2.54. The van der Waals surface area contributed by atoms with Crippen molar-refractivity contribution in [3.8, 4) is 0 Å². The first-order valence-corrected chi connectivity index (χ1v) is 6.29. The molecule has 0 bridgehead atoms. The Kier molecular flexibility index (Phi) is 5.10. The summed E-state index contributed by atoms with van der Waals surface area (Å²) < 4.78 is 1.73. The summed E-state index contributed by atoms with van der Waals surface area (Å²) in [4.78, 5) is 14.7. The number of amides is 1. The number of thiophene rings is 1. The van der Waals surface area contributed by atoms with Crippen LogP contribution in [0.2, 0.25) is 0 Å². The van der Waals surface area contributed by atoms with Gasteiger partial charge in [0, 0.05) is 22.5 Å². The Labute approximate surface area is 107 Å². The van der Waals surface area contributed by atoms with Crippen LogP contribution >= 0.6 is 43.2 Å². The second kappa shape index (κ2) is 6.12. The summed E-state index contributed by atoms with van der Waals surface area (Å²) in [5.74, 6) is -0.167. The molecule has 0 aliphatic heterocycles. The van der Waals surface area contributed by atoms with E-state index in [1.165, 1.54) is 11.3 Å². The molecule has 1 N–H and O–H groups in total. The van der Waals surface area contributed by atoms with E-state index in [1.54, 1.807) is 6.07 Å². The molecule has 0 aromatic carbocycles. The minimum Gasteiger partial charge on any atom is -0.351 e. The fourth-order valence-electron chi connectivity index (χ4n) is 0.810. The van der Waals surface area contributed by atoms with Gasteiger partial charge in [-0.15, -0.1) is 11.3 Å². The lowest BCUT2D eigenvalue weighted by atomic mass is 10.4. The molecule has 1 amide bonds. The van der Waals surface area contributed by atoms with Gasteiger partial charge in [0.2, 0.25) is 0 Å². The summed E-state index contributed by atoms with van der Waals surface area (Å²) in [5, 5.41) is 5.95. The summed E-state index contributed by atoms with van der Waals surface area (Å²) in [6.45, 7) is 0.603. The maximum atomic E-state index is 11.5. The van der Waals surface area contributed by atoms with Gasteiger partial charge in [-0.2, -0.15) is 0 Å². The Morgan fingerprint density at radius 3 is 2.93 bits per heavy atom. The first kappa shape index (κ1) is 12.5. The SMILES string of the molecule is [N-]=[N+]=NCCNC(=O)c1cc(Br)c(Br)s1. The quantitative estimate of drug-likeness (QED) is 0.383. The van der Waals surface area contributed by atoms with Gasteiger partial charge in [-0.05, 0) is 43.5 Å². The lowest BCUT2D eigenvalue weighted by molar-refractivity contribution is 0.0959. The third kappa shape index (κ3) is 3.83. The van der Waals surface area contributed by atoms with E-state index in [4.69, 9.17) is 5.53 Å². The molecule has 0 atom stereocenters. The minimum atomic E-state index is -0.167. The average molecular weight is 354 g/mol. The number of halogens is 2. The molecule has 0 spiro atoms. The third-order valence-corrected chi connectivity index (χ3v) is 4.68. The lowest BCUT2D eigenvalue weighted by Crippen LogP contribution is -2.24. The Morgan fingerprint density at radius 1 is 1.67 bits per heavy atom. The normalized spacial score (nSPS) is 9.47. The van der Waals surface area contributed by atoms with Gasteiger partial charge in [-0.1, -0.05) is 5.11 Å². The molecule has 0 aliphatic rings. The Hall–Kier alpha value is -0.560. The van der Waals surface area contributed by atoms with Gasteiger partial charge in [0.1, 0.15) is 0 Å². The van der Waals surface area contributed by atoms with Crippen LogP contribution in [0.15, 0.2) is 19.4 Å². The van der Waals surface area contributed by atoms with Crippen LogP contribution in [0.3, 0.4) is 0 Å². The molecule has 0 aliphatic carbocycles. The van der Waals surface area contributed by atoms with Crippen molar-refractivity contribution >= 4 is 49.1 Å². The molecule has 1 rings (SSSR count). The van der Waals surface area contributed by atoms with Crippen molar-refractivity contribution in [3.63, 3.8) is 0 Å². The third-order valence-electron chi connectivity index (χ3n) is 1.43. The van der Waals surface area contributed by atoms with Gasteiger partial charge in [0.25, 0.3) is 5.91 Å². The first-order chi connectivity index (χ1) is 7.15. The van der Waals surface area contributed by atoms with Gasteiger partial charge >= 0.3 is 0 Å². The second-order valence-electron chi connectivity index (χ2n) is 2.44. The maximum Gasteiger partial charge on any atom is 0.261 e. The van der Waals surface area contributed by atoms with Crippen molar-refractivity contribution < 1.29 is 4.79 Å². The zero-order valence-corrected chi connectivity index (χ0v) is 11.4. The molecular formula is C7H6Br2N4OS. The smallest absolute Gasteiger partial charge is 0.261 e. The number of hydrogen-bond donors (Lipinski definition) is 1. The summed E-state index contributed by atoms with van der Waals surface area (Å²) >= 11 is 7.94. The van der Waals surface area contributed by atoms with Crippen LogP contribution in [0.4, 0.5) is 0 Å². The zero-order valence-electron chi connectivity index (χ0n) is 7.41. The van der Waals surface area contributed by atoms with Crippen LogP contribution in [0.1, 0.15) is 9.67 Å². The minimum absolute atomic E-state index is 0.167. The Bertz CT molecular complexity index is 394. The fraction of sp³-hybridized carbons (Fsp3) is 0.286. The van der Waals surface area contributed by atoms with Crippen LogP contribution < -0.4 is 5.32 Å². The number of nitrogens with zero attached hydrogens (tertiary/aromatic N) is 3. The molecule has 1 heterocycles. The van der Waals surface area contributed by atoms with E-state index in [0.29, 0.717) is 11.4 Å². The largest absolute Gasteiger partial charge is 0.351 e. The topological polar surface area (TPSA) is 77.9 Å². The van der Waals surface area contributed by atoms with Crippen molar-refractivity contribution in [2.75, 3.05) is 13.1 Å². The maximum absolute atomic E-state index is 11.5. The van der Waals surface area contributed by atoms with Gasteiger partial charge in [-0.25, -0.2) is 0 Å². The van der Waals surface area contributed by atoms with Crippen molar-refractivity contribution in [1.29, 1.82) is 0 Å². The van der Waals surface area contributed by atoms with Crippen molar-refractivity contribution in [3.05, 3.63) is 29.6 Å². The van der Waals surface area contributed by atoms with Crippen LogP contribution in [-0.4, -0.2) is 19.0 Å². The van der Waals surface area contributed by atoms with E-state index in [1.807, 2.05) is 0 Å². The molecule has 0 saturated carbocycles. The molecule has 1 aromatic rings. The van der Waals surface area contributed by atoms with Crippen LogP contribution in [-0.2, 0) is 0 Å². The highest BCUT2D eigenvalue weighted by Crippen LogP contribution is 2.32. The molecule has 8 heteroatoms. The second-order valence-corrected chi connectivity index (χ2v) is 5.67. The standard InChI is InChI=1S/C7H6Br2N4OS/c8-4-3-5(15-6(4)9)7(14)11-1-2-12-13-10/h3H,1-2H2,(H,11,14). The molecular weight excluding hydrogens is 348 g/mol. The van der Waals surface area contributed by atoms with Crippen molar-refractivity contribution in [1.82, 2.24) is 5.32 Å². The molecule has 5 nitrogen and oxygen atoms in total. The van der Waals surface area contributed by atoms with E-state index in [0.717, 1.165) is 8.26 Å². The fourth-order valence-corrected chi connectivity index (χ4v) is 2.76. The predicted octanol–water partition coefficient (Wildman–Crippen LogP) is 3.31. The van der Waals surface area contributed by atoms with E-state index in [2.05, 4.69) is 47.2 Å². The number of rotatable bonds is 4. The van der Waals surface area contributed by atoms with Crippen LogP contribution in [0.5, 0.6) is 0 Å². The van der Waals surface area contributed by atoms with Gasteiger partial charge in [-0.3, -0.25) is 4.79 Å². The monoisotopic (exact) mass is 352 g/mol. The van der Waals surface area contributed by atoms with E-state index in [9.17, 15) is 4.79 Å². The van der Waals surface area contributed by atoms with Gasteiger partial charge < -0.3 is 5.32 Å². The summed E-state index contributed by atoms with van der Waals surface area (Å²) in [6, 6.07) is 1.73. The van der Waals surface area contributed by atoms with Crippen LogP contribution in [0, 0.1) is 0 Å². The zero-order chi connectivity index (χ0) is 11.3. The van der Waals surface area contributed by atoms with Crippen molar-refractivity contribution in [2.45, 2.75) is 0 Å². The van der Waals surface area contributed by atoms with Gasteiger partial charge in [0.15, 0.2) is 0 Å². The van der Waals surface area contributed by atoms with E-state index in [-0.39, 0.29) is 12.5 Å². The molecule has 15 heavy (non-hydrogen) atoms. The van der Waals surface area contributed by atoms with Crippen molar-refractivity contribution in [2.24, 2.45) is 5.11 Å². The van der Waals surface area contributed by atoms with Gasteiger partial charge in [0.05, 0.1) is 8.66 Å². The number of nitrogens with one attached hydrogen (secondary N) is 1. The molecule has 0 unspecified atom stereocenters. The first-order valence-electron chi connectivity index (χ1n) is 3.89. The summed E-state index contributed by atoms with van der Waals surface area (Å²) in [6.07, 6.45) is 0. The molecule has 1 aromatic heterocycles. The highest BCUT2D eigenvalue weighted by atomic mass is 79.9. The number of azide groups is 1. The number of hydrogen-bond acceptors (Lipinski definition) is 3. The molecule has 0 saturated heterocycles. The Balaban J connectivity index is 2.50. The highest BCUT2D eigenvalue weighted by Gasteiger charge is 2.10. The summed E-state index contributed by atoms with van der Waals surface area (Å²) in [5.41, 5.74) is 8.02. The molecule has 80 valence electrons. The predicted molar refractivity (Wildman–Crippen MR) is 66.1 cm³/mol. The number of carbonyl (C=O) groups excluding carboxylic acids is 1.